The Bertz CT molecular complexity index is 793. The quantitative estimate of drug-likeness (QED) is 0.706. The Labute approximate surface area is 140 Å². The van der Waals surface area contributed by atoms with Crippen LogP contribution in [0.1, 0.15) is 18.1 Å². The fraction of sp³-hybridized carbons (Fsp3) is 0.167. The van der Waals surface area contributed by atoms with E-state index >= 15 is 0 Å². The average Bonchev–Trinajstić information content (AvgIpc) is 2.57. The maximum atomic E-state index is 6.12. The number of benzene rings is 1. The van der Waals surface area contributed by atoms with Crippen LogP contribution < -0.4 is 4.74 Å². The van der Waals surface area contributed by atoms with E-state index in [4.69, 9.17) is 16.3 Å². The molecule has 4 nitrogen and oxygen atoms in total. The van der Waals surface area contributed by atoms with Gasteiger partial charge in [-0.2, -0.15) is 0 Å². The minimum absolute atomic E-state index is 0.562. The summed E-state index contributed by atoms with van der Waals surface area (Å²) in [6.07, 6.45) is 7.68. The third kappa shape index (κ3) is 3.85. The smallest absolute Gasteiger partial charge is 0.221 e. The number of hydrogen-bond donors (Lipinski definition) is 0. The van der Waals surface area contributed by atoms with Gasteiger partial charge in [-0.1, -0.05) is 23.7 Å². The number of halogens is 1. The highest BCUT2D eigenvalue weighted by atomic mass is 35.5. The van der Waals surface area contributed by atoms with Crippen LogP contribution in [0.4, 0.5) is 0 Å². The summed E-state index contributed by atoms with van der Waals surface area (Å²) in [4.78, 5) is 12.6. The van der Waals surface area contributed by atoms with Gasteiger partial charge in [0.15, 0.2) is 0 Å². The van der Waals surface area contributed by atoms with Crippen LogP contribution in [0.3, 0.4) is 0 Å². The number of pyridine rings is 1. The number of rotatable bonds is 5. The molecular weight excluding hydrogens is 310 g/mol. The Balaban J connectivity index is 1.99. The second-order valence-electron chi connectivity index (χ2n) is 5.06. The van der Waals surface area contributed by atoms with E-state index in [0.717, 1.165) is 22.3 Å². The van der Waals surface area contributed by atoms with E-state index in [-0.39, 0.29) is 0 Å². The molecule has 0 N–H and O–H groups in total. The van der Waals surface area contributed by atoms with Crippen molar-refractivity contribution in [2.24, 2.45) is 0 Å². The van der Waals surface area contributed by atoms with E-state index in [0.29, 0.717) is 23.9 Å². The zero-order valence-corrected chi connectivity index (χ0v) is 13.5. The van der Waals surface area contributed by atoms with Gasteiger partial charge in [-0.25, -0.2) is 15.0 Å². The highest BCUT2D eigenvalue weighted by molar-refractivity contribution is 6.30. The lowest BCUT2D eigenvalue weighted by Crippen LogP contribution is -1.99. The molecule has 5 heteroatoms. The topological polar surface area (TPSA) is 47.9 Å². The van der Waals surface area contributed by atoms with Crippen molar-refractivity contribution in [2.75, 3.05) is 6.61 Å². The SMILES string of the molecule is CCOc1ncc(Cc2cncnc2)cc1-c1cccc(Cl)c1. The van der Waals surface area contributed by atoms with Crippen LogP contribution in [0.25, 0.3) is 11.1 Å². The van der Waals surface area contributed by atoms with Gasteiger partial charge in [0.1, 0.15) is 6.33 Å². The molecule has 0 atom stereocenters. The van der Waals surface area contributed by atoms with Crippen molar-refractivity contribution in [3.8, 4) is 17.0 Å². The van der Waals surface area contributed by atoms with Crippen LogP contribution in [0.5, 0.6) is 5.88 Å². The van der Waals surface area contributed by atoms with Crippen LogP contribution in [0, 0.1) is 0 Å². The number of hydrogen-bond acceptors (Lipinski definition) is 4. The molecule has 0 saturated carbocycles. The molecule has 0 saturated heterocycles. The predicted molar refractivity (Wildman–Crippen MR) is 90.7 cm³/mol. The largest absolute Gasteiger partial charge is 0.478 e. The van der Waals surface area contributed by atoms with Crippen LogP contribution in [-0.2, 0) is 6.42 Å². The van der Waals surface area contributed by atoms with Crippen molar-refractivity contribution in [1.82, 2.24) is 15.0 Å². The predicted octanol–water partition coefficient (Wildman–Crippen LogP) is 4.18. The lowest BCUT2D eigenvalue weighted by atomic mass is 10.0. The minimum atomic E-state index is 0.562. The van der Waals surface area contributed by atoms with E-state index in [1.54, 1.807) is 0 Å². The third-order valence-electron chi connectivity index (χ3n) is 3.35. The van der Waals surface area contributed by atoms with Crippen LogP contribution in [0.2, 0.25) is 5.02 Å². The van der Waals surface area contributed by atoms with Crippen molar-refractivity contribution < 1.29 is 4.74 Å². The summed E-state index contributed by atoms with van der Waals surface area (Å²) in [5, 5.41) is 0.687. The molecule has 116 valence electrons. The zero-order chi connectivity index (χ0) is 16.1. The first kappa shape index (κ1) is 15.4. The van der Waals surface area contributed by atoms with Crippen molar-refractivity contribution in [2.45, 2.75) is 13.3 Å². The molecular formula is C18H16ClN3O. The normalized spacial score (nSPS) is 10.5. The summed E-state index contributed by atoms with van der Waals surface area (Å²) in [5.74, 6) is 0.614. The van der Waals surface area contributed by atoms with Crippen molar-refractivity contribution in [3.63, 3.8) is 0 Å². The Morgan fingerprint density at radius 3 is 2.61 bits per heavy atom. The third-order valence-corrected chi connectivity index (χ3v) is 3.58. The van der Waals surface area contributed by atoms with E-state index < -0.39 is 0 Å². The second kappa shape index (κ2) is 7.20. The molecule has 0 fully saturated rings. The Kier molecular flexibility index (Phi) is 4.83. The van der Waals surface area contributed by atoms with Gasteiger partial charge in [-0.3, -0.25) is 0 Å². The molecule has 0 spiro atoms. The number of ether oxygens (including phenoxy) is 1. The first-order valence-electron chi connectivity index (χ1n) is 7.38. The molecule has 0 aliphatic carbocycles. The van der Waals surface area contributed by atoms with Crippen LogP contribution >= 0.6 is 11.6 Å². The van der Waals surface area contributed by atoms with Gasteiger partial charge in [-0.15, -0.1) is 0 Å². The summed E-state index contributed by atoms with van der Waals surface area (Å²) < 4.78 is 5.66. The minimum Gasteiger partial charge on any atom is -0.478 e. The van der Waals surface area contributed by atoms with Crippen LogP contribution in [-0.4, -0.2) is 21.6 Å². The Morgan fingerprint density at radius 1 is 1.04 bits per heavy atom. The van der Waals surface area contributed by atoms with Gasteiger partial charge in [0.25, 0.3) is 0 Å². The molecule has 3 aromatic rings. The highest BCUT2D eigenvalue weighted by Crippen LogP contribution is 2.31. The zero-order valence-electron chi connectivity index (χ0n) is 12.7. The maximum absolute atomic E-state index is 6.12. The van der Waals surface area contributed by atoms with Gasteiger partial charge >= 0.3 is 0 Å². The summed E-state index contributed by atoms with van der Waals surface area (Å²) in [6, 6.07) is 9.77. The molecule has 0 radical (unpaired) electrons. The standard InChI is InChI=1S/C18H16ClN3O/c1-2-23-18-17(15-4-3-5-16(19)8-15)7-13(11-22-18)6-14-9-20-12-21-10-14/h3-5,7-12H,2,6H2,1H3. The summed E-state index contributed by atoms with van der Waals surface area (Å²) in [7, 11) is 0. The lowest BCUT2D eigenvalue weighted by Gasteiger charge is -2.11. The highest BCUT2D eigenvalue weighted by Gasteiger charge is 2.10. The molecule has 2 aromatic heterocycles. The first-order valence-corrected chi connectivity index (χ1v) is 7.75. The van der Waals surface area contributed by atoms with Crippen molar-refractivity contribution >= 4 is 11.6 Å². The molecule has 0 unspecified atom stereocenters. The average molecular weight is 326 g/mol. The van der Waals surface area contributed by atoms with Crippen molar-refractivity contribution in [1.29, 1.82) is 0 Å². The molecule has 1 aromatic carbocycles. The molecule has 2 heterocycles. The van der Waals surface area contributed by atoms with E-state index in [1.807, 2.05) is 49.8 Å². The van der Waals surface area contributed by atoms with Gasteiger partial charge in [-0.05, 0) is 41.8 Å². The maximum Gasteiger partial charge on any atom is 0.221 e. The first-order chi connectivity index (χ1) is 11.3. The molecule has 0 bridgehead atoms. The van der Waals surface area contributed by atoms with Gasteiger partial charge in [0, 0.05) is 35.6 Å². The Morgan fingerprint density at radius 2 is 1.87 bits per heavy atom. The summed E-state index contributed by atoms with van der Waals surface area (Å²) >= 11 is 6.12. The number of nitrogens with zero attached hydrogens (tertiary/aromatic N) is 3. The van der Waals surface area contributed by atoms with E-state index in [2.05, 4.69) is 21.0 Å². The van der Waals surface area contributed by atoms with Gasteiger partial charge < -0.3 is 4.74 Å². The van der Waals surface area contributed by atoms with Crippen LogP contribution in [0.15, 0.2) is 55.2 Å². The summed E-state index contributed by atoms with van der Waals surface area (Å²) in [6.45, 7) is 2.51. The van der Waals surface area contributed by atoms with Crippen molar-refractivity contribution in [3.05, 3.63) is 71.4 Å². The fourth-order valence-corrected chi connectivity index (χ4v) is 2.55. The van der Waals surface area contributed by atoms with Gasteiger partial charge in [0.2, 0.25) is 5.88 Å². The van der Waals surface area contributed by atoms with E-state index in [9.17, 15) is 0 Å². The molecule has 0 aliphatic heterocycles. The molecule has 0 amide bonds. The number of aromatic nitrogens is 3. The fourth-order valence-electron chi connectivity index (χ4n) is 2.36. The van der Waals surface area contributed by atoms with Gasteiger partial charge in [0.05, 0.1) is 6.61 Å². The molecule has 3 rings (SSSR count). The second-order valence-corrected chi connectivity index (χ2v) is 5.50. The summed E-state index contributed by atoms with van der Waals surface area (Å²) in [5.41, 5.74) is 4.03. The van der Waals surface area contributed by atoms with E-state index in [1.165, 1.54) is 6.33 Å². The molecule has 0 aliphatic rings. The lowest BCUT2D eigenvalue weighted by molar-refractivity contribution is 0.328. The molecule has 23 heavy (non-hydrogen) atoms. The monoisotopic (exact) mass is 325 g/mol. The Hall–Kier alpha value is -2.46.